The number of esters is 1. The van der Waals surface area contributed by atoms with Crippen LogP contribution >= 0.6 is 23.4 Å². The Balaban J connectivity index is 1.79. The van der Waals surface area contributed by atoms with Gasteiger partial charge in [-0.05, 0) is 48.9 Å². The predicted molar refractivity (Wildman–Crippen MR) is 92.9 cm³/mol. The molecule has 0 heterocycles. The Hall–Kier alpha value is -2.12. The van der Waals surface area contributed by atoms with Crippen molar-refractivity contribution < 1.29 is 23.1 Å². The molecule has 1 amide bonds. The van der Waals surface area contributed by atoms with Crippen molar-refractivity contribution in [1.29, 1.82) is 0 Å². The van der Waals surface area contributed by atoms with Crippen LogP contribution in [-0.2, 0) is 14.3 Å². The van der Waals surface area contributed by atoms with E-state index in [1.54, 1.807) is 25.1 Å². The number of anilines is 1. The quantitative estimate of drug-likeness (QED) is 0.598. The molecule has 0 aliphatic heterocycles. The summed E-state index contributed by atoms with van der Waals surface area (Å²) in [5, 5.41) is 3.14. The van der Waals surface area contributed by atoms with Gasteiger partial charge in [0.15, 0.2) is 6.61 Å². The van der Waals surface area contributed by atoms with E-state index < -0.39 is 30.1 Å². The highest BCUT2D eigenvalue weighted by atomic mass is 35.5. The van der Waals surface area contributed by atoms with Crippen LogP contribution in [0.1, 0.15) is 5.56 Å². The first-order valence-electron chi connectivity index (χ1n) is 7.14. The minimum atomic E-state index is -0.711. The lowest BCUT2D eigenvalue weighted by Crippen LogP contribution is -2.22. The number of thioether (sulfide) groups is 1. The molecular formula is C17H14ClF2NO3S. The van der Waals surface area contributed by atoms with Gasteiger partial charge in [-0.1, -0.05) is 11.6 Å². The van der Waals surface area contributed by atoms with Crippen molar-refractivity contribution in [2.24, 2.45) is 0 Å². The number of carbonyl (C=O) groups excluding carboxylic acids is 2. The van der Waals surface area contributed by atoms with Crippen LogP contribution in [0.3, 0.4) is 0 Å². The maximum atomic E-state index is 13.4. The molecule has 0 radical (unpaired) electrons. The van der Waals surface area contributed by atoms with Crippen LogP contribution in [0.25, 0.3) is 0 Å². The number of rotatable bonds is 6. The van der Waals surface area contributed by atoms with Gasteiger partial charge in [-0.25, -0.2) is 8.78 Å². The van der Waals surface area contributed by atoms with Crippen molar-refractivity contribution in [3.63, 3.8) is 0 Å². The van der Waals surface area contributed by atoms with Crippen LogP contribution in [0.5, 0.6) is 0 Å². The topological polar surface area (TPSA) is 55.4 Å². The molecule has 2 rings (SSSR count). The van der Waals surface area contributed by atoms with Crippen molar-refractivity contribution >= 4 is 40.9 Å². The summed E-state index contributed by atoms with van der Waals surface area (Å²) >= 11 is 6.62. The van der Waals surface area contributed by atoms with Gasteiger partial charge in [-0.3, -0.25) is 9.59 Å². The third-order valence-electron chi connectivity index (χ3n) is 3.07. The van der Waals surface area contributed by atoms with Gasteiger partial charge in [-0.15, -0.1) is 11.8 Å². The third kappa shape index (κ3) is 6.03. The number of ether oxygens (including phenoxy) is 1. The van der Waals surface area contributed by atoms with Crippen molar-refractivity contribution in [2.75, 3.05) is 17.7 Å². The molecule has 0 bridgehead atoms. The number of hydrogen-bond donors (Lipinski definition) is 1. The molecule has 0 atom stereocenters. The van der Waals surface area contributed by atoms with Gasteiger partial charge in [-0.2, -0.15) is 0 Å². The summed E-state index contributed by atoms with van der Waals surface area (Å²) in [7, 11) is 0. The van der Waals surface area contributed by atoms with Crippen molar-refractivity contribution in [3.8, 4) is 0 Å². The molecule has 8 heteroatoms. The standard InChI is InChI=1S/C17H14ClF2NO3S/c1-10-6-11(18)2-5-14(10)21-16(22)8-24-17(23)9-25-15-7-12(19)3-4-13(15)20/h2-7H,8-9H2,1H3,(H,21,22). The number of amides is 1. The summed E-state index contributed by atoms with van der Waals surface area (Å²) in [6, 6.07) is 7.91. The first-order valence-corrected chi connectivity index (χ1v) is 8.51. The first-order chi connectivity index (χ1) is 11.8. The Morgan fingerprint density at radius 2 is 1.96 bits per heavy atom. The van der Waals surface area contributed by atoms with Crippen LogP contribution in [0.15, 0.2) is 41.3 Å². The molecule has 2 aromatic carbocycles. The summed E-state index contributed by atoms with van der Waals surface area (Å²) < 4.78 is 31.3. The van der Waals surface area contributed by atoms with Crippen LogP contribution in [0, 0.1) is 18.6 Å². The van der Waals surface area contributed by atoms with E-state index in [-0.39, 0.29) is 10.6 Å². The maximum Gasteiger partial charge on any atom is 0.316 e. The Morgan fingerprint density at radius 1 is 1.20 bits per heavy atom. The van der Waals surface area contributed by atoms with Crippen LogP contribution in [0.4, 0.5) is 14.5 Å². The zero-order chi connectivity index (χ0) is 18.4. The molecule has 0 saturated carbocycles. The van der Waals surface area contributed by atoms with Crippen molar-refractivity contribution in [2.45, 2.75) is 11.8 Å². The van der Waals surface area contributed by atoms with Crippen LogP contribution in [0.2, 0.25) is 5.02 Å². The van der Waals surface area contributed by atoms with E-state index in [4.69, 9.17) is 16.3 Å². The SMILES string of the molecule is Cc1cc(Cl)ccc1NC(=O)COC(=O)CSc1cc(F)ccc1F. The smallest absolute Gasteiger partial charge is 0.316 e. The van der Waals surface area contributed by atoms with E-state index in [1.165, 1.54) is 0 Å². The molecule has 25 heavy (non-hydrogen) atoms. The second-order valence-electron chi connectivity index (χ2n) is 5.03. The normalized spacial score (nSPS) is 10.4. The molecule has 4 nitrogen and oxygen atoms in total. The maximum absolute atomic E-state index is 13.4. The second kappa shape index (κ2) is 8.82. The molecule has 0 fully saturated rings. The lowest BCUT2D eigenvalue weighted by Gasteiger charge is -2.09. The highest BCUT2D eigenvalue weighted by Crippen LogP contribution is 2.23. The Bertz CT molecular complexity index is 801. The van der Waals surface area contributed by atoms with Gasteiger partial charge in [0, 0.05) is 15.6 Å². The summed E-state index contributed by atoms with van der Waals surface area (Å²) in [4.78, 5) is 23.4. The number of halogens is 3. The molecule has 1 N–H and O–H groups in total. The number of benzene rings is 2. The lowest BCUT2D eigenvalue weighted by atomic mass is 10.2. The third-order valence-corrected chi connectivity index (χ3v) is 4.30. The lowest BCUT2D eigenvalue weighted by molar-refractivity contribution is -0.144. The Labute approximate surface area is 152 Å². The van der Waals surface area contributed by atoms with Gasteiger partial charge in [0.05, 0.1) is 5.75 Å². The fraction of sp³-hybridized carbons (Fsp3) is 0.176. The predicted octanol–water partition coefficient (Wildman–Crippen LogP) is 4.20. The molecule has 0 saturated heterocycles. The van der Waals surface area contributed by atoms with Crippen molar-refractivity contribution in [1.82, 2.24) is 0 Å². The number of carbonyl (C=O) groups is 2. The largest absolute Gasteiger partial charge is 0.455 e. The molecule has 0 aliphatic carbocycles. The monoisotopic (exact) mass is 385 g/mol. The van der Waals surface area contributed by atoms with E-state index in [0.29, 0.717) is 10.7 Å². The number of aryl methyl sites for hydroxylation is 1. The molecule has 0 aromatic heterocycles. The van der Waals surface area contributed by atoms with Crippen LogP contribution in [-0.4, -0.2) is 24.2 Å². The number of nitrogens with one attached hydrogen (secondary N) is 1. The summed E-state index contributed by atoms with van der Waals surface area (Å²) in [6.07, 6.45) is 0. The number of hydrogen-bond acceptors (Lipinski definition) is 4. The van der Waals surface area contributed by atoms with Gasteiger partial charge >= 0.3 is 5.97 Å². The molecule has 132 valence electrons. The second-order valence-corrected chi connectivity index (χ2v) is 6.49. The Kier molecular flexibility index (Phi) is 6.78. The molecular weight excluding hydrogens is 372 g/mol. The summed E-state index contributed by atoms with van der Waals surface area (Å²) in [5.74, 6) is -2.70. The molecule has 0 spiro atoms. The van der Waals surface area contributed by atoms with Crippen molar-refractivity contribution in [3.05, 3.63) is 58.6 Å². The molecule has 2 aromatic rings. The van der Waals surface area contributed by atoms with Gasteiger partial charge < -0.3 is 10.1 Å². The summed E-state index contributed by atoms with van der Waals surface area (Å²) in [5.41, 5.74) is 1.32. The minimum Gasteiger partial charge on any atom is -0.455 e. The zero-order valence-electron chi connectivity index (χ0n) is 13.1. The van der Waals surface area contributed by atoms with E-state index in [0.717, 1.165) is 35.5 Å². The first kappa shape index (κ1) is 19.2. The minimum absolute atomic E-state index is 0.00168. The van der Waals surface area contributed by atoms with Gasteiger partial charge in [0.25, 0.3) is 5.91 Å². The zero-order valence-corrected chi connectivity index (χ0v) is 14.7. The molecule has 0 aliphatic rings. The van der Waals surface area contributed by atoms with E-state index in [1.807, 2.05) is 0 Å². The van der Waals surface area contributed by atoms with Gasteiger partial charge in [0.1, 0.15) is 11.6 Å². The van der Waals surface area contributed by atoms with E-state index in [2.05, 4.69) is 5.32 Å². The fourth-order valence-corrected chi connectivity index (χ4v) is 2.85. The van der Waals surface area contributed by atoms with E-state index in [9.17, 15) is 18.4 Å². The Morgan fingerprint density at radius 3 is 2.68 bits per heavy atom. The average Bonchev–Trinajstić information content (AvgIpc) is 2.56. The van der Waals surface area contributed by atoms with E-state index >= 15 is 0 Å². The van der Waals surface area contributed by atoms with Gasteiger partial charge in [0.2, 0.25) is 0 Å². The summed E-state index contributed by atoms with van der Waals surface area (Å²) in [6.45, 7) is 1.30. The fourth-order valence-electron chi connectivity index (χ4n) is 1.87. The van der Waals surface area contributed by atoms with Crippen LogP contribution < -0.4 is 5.32 Å². The highest BCUT2D eigenvalue weighted by Gasteiger charge is 2.12. The average molecular weight is 386 g/mol. The molecule has 0 unspecified atom stereocenters. The highest BCUT2D eigenvalue weighted by molar-refractivity contribution is 8.00.